The molecule has 4 fully saturated rings. The lowest BCUT2D eigenvalue weighted by Gasteiger charge is -2.24. The number of hydrogen-bond donors (Lipinski definition) is 0. The third-order valence-corrected chi connectivity index (χ3v) is 5.93. The minimum atomic E-state index is 0.535. The predicted octanol–water partition coefficient (Wildman–Crippen LogP) is 1.08. The Bertz CT molecular complexity index is 363. The Morgan fingerprint density at radius 3 is 2.93 bits per heavy atom. The van der Waals surface area contributed by atoms with Crippen molar-refractivity contribution >= 4 is 0 Å². The normalized spacial score (nSPS) is 70.9. The molecule has 1 unspecified atom stereocenters. The van der Waals surface area contributed by atoms with Crippen molar-refractivity contribution in [2.45, 2.75) is 0 Å². The van der Waals surface area contributed by atoms with Crippen LogP contribution in [0.2, 0.25) is 0 Å². The summed E-state index contributed by atoms with van der Waals surface area (Å²) in [6, 6.07) is 0. The molecule has 0 amide bonds. The number of allylic oxidation sites excluding steroid dienone is 2. The van der Waals surface area contributed by atoms with Crippen LogP contribution >= 0.6 is 0 Å². The monoisotopic (exact) mass is 190 g/mol. The van der Waals surface area contributed by atoms with Gasteiger partial charge in [-0.25, -0.2) is 0 Å². The standard InChI is InChI=1S/C12H14O2/c1-2-10-11-5-14-6-12(10,11)9-4-13-3-7(9)8(1)11/h1-2,7-10H,3-6H2/t7-,8+,9-,10?,11-,12+/m1/s1. The summed E-state index contributed by atoms with van der Waals surface area (Å²) in [5.74, 6) is 3.29. The first kappa shape index (κ1) is 7.02. The molecule has 0 N–H and O–H groups in total. The second-order valence-corrected chi connectivity index (χ2v) is 5.77. The summed E-state index contributed by atoms with van der Waals surface area (Å²) in [5.41, 5.74) is 1.10. The molecular formula is C12H14O2. The van der Waals surface area contributed by atoms with Gasteiger partial charge in [-0.2, -0.15) is 0 Å². The molecule has 0 aromatic heterocycles. The fourth-order valence-corrected chi connectivity index (χ4v) is 5.55. The third kappa shape index (κ3) is 0.399. The highest BCUT2D eigenvalue weighted by molar-refractivity contribution is 5.44. The van der Waals surface area contributed by atoms with Gasteiger partial charge >= 0.3 is 0 Å². The molecule has 0 aromatic carbocycles. The highest BCUT2D eigenvalue weighted by atomic mass is 16.5. The van der Waals surface area contributed by atoms with Gasteiger partial charge in [-0.3, -0.25) is 0 Å². The summed E-state index contributed by atoms with van der Waals surface area (Å²) in [6.45, 7) is 4.06. The average molecular weight is 190 g/mol. The minimum absolute atomic E-state index is 0.535. The van der Waals surface area contributed by atoms with E-state index in [1.807, 2.05) is 0 Å². The van der Waals surface area contributed by atoms with Gasteiger partial charge in [0.15, 0.2) is 0 Å². The molecule has 2 saturated heterocycles. The summed E-state index contributed by atoms with van der Waals surface area (Å²) in [6.07, 6.45) is 4.96. The topological polar surface area (TPSA) is 18.5 Å². The maximum absolute atomic E-state index is 5.75. The molecule has 74 valence electrons. The molecule has 0 aromatic rings. The summed E-state index contributed by atoms with van der Waals surface area (Å²) in [7, 11) is 0. The van der Waals surface area contributed by atoms with Gasteiger partial charge in [0.2, 0.25) is 0 Å². The van der Waals surface area contributed by atoms with Crippen molar-refractivity contribution in [3.05, 3.63) is 12.2 Å². The van der Waals surface area contributed by atoms with Crippen LogP contribution < -0.4 is 0 Å². The first-order valence-electron chi connectivity index (χ1n) is 5.75. The van der Waals surface area contributed by atoms with Crippen molar-refractivity contribution in [1.82, 2.24) is 0 Å². The molecule has 14 heavy (non-hydrogen) atoms. The first-order chi connectivity index (χ1) is 6.91. The molecule has 5 aliphatic rings. The lowest BCUT2D eigenvalue weighted by molar-refractivity contribution is 0.0775. The largest absolute Gasteiger partial charge is 0.381 e. The fraction of sp³-hybridized carbons (Fsp3) is 0.833. The molecular weight excluding hydrogens is 176 g/mol. The van der Waals surface area contributed by atoms with Gasteiger partial charge in [0, 0.05) is 10.8 Å². The molecule has 3 aliphatic carbocycles. The van der Waals surface area contributed by atoms with Gasteiger partial charge in [-0.05, 0) is 23.7 Å². The Labute approximate surface area is 83.3 Å². The van der Waals surface area contributed by atoms with E-state index in [-0.39, 0.29) is 0 Å². The zero-order valence-electron chi connectivity index (χ0n) is 8.11. The Hall–Kier alpha value is -0.340. The van der Waals surface area contributed by atoms with Crippen molar-refractivity contribution < 1.29 is 9.47 Å². The predicted molar refractivity (Wildman–Crippen MR) is 49.6 cm³/mol. The van der Waals surface area contributed by atoms with Crippen LogP contribution in [0.15, 0.2) is 12.2 Å². The van der Waals surface area contributed by atoms with Gasteiger partial charge < -0.3 is 9.47 Å². The zero-order valence-corrected chi connectivity index (χ0v) is 8.11. The summed E-state index contributed by atoms with van der Waals surface area (Å²) >= 11 is 0. The summed E-state index contributed by atoms with van der Waals surface area (Å²) < 4.78 is 11.4. The van der Waals surface area contributed by atoms with E-state index >= 15 is 0 Å². The van der Waals surface area contributed by atoms with Crippen molar-refractivity contribution in [3.63, 3.8) is 0 Å². The number of rotatable bonds is 0. The van der Waals surface area contributed by atoms with Crippen LogP contribution in [-0.2, 0) is 9.47 Å². The van der Waals surface area contributed by atoms with Crippen LogP contribution in [0.3, 0.4) is 0 Å². The molecule has 5 rings (SSSR count). The van der Waals surface area contributed by atoms with Gasteiger partial charge in [-0.15, -0.1) is 0 Å². The molecule has 2 saturated carbocycles. The Kier molecular flexibility index (Phi) is 0.861. The van der Waals surface area contributed by atoms with E-state index in [0.717, 1.165) is 50.1 Å². The smallest absolute Gasteiger partial charge is 0.0540 e. The Balaban J connectivity index is 1.77. The van der Waals surface area contributed by atoms with Gasteiger partial charge in [0.05, 0.1) is 26.4 Å². The lowest BCUT2D eigenvalue weighted by atomic mass is 9.82. The molecule has 2 heteroatoms. The molecule has 6 atom stereocenters. The quantitative estimate of drug-likeness (QED) is 0.532. The zero-order chi connectivity index (χ0) is 8.97. The molecule has 2 heterocycles. The highest BCUT2D eigenvalue weighted by Crippen LogP contribution is 2.88. The molecule has 2 nitrogen and oxygen atoms in total. The van der Waals surface area contributed by atoms with Gasteiger partial charge in [0.25, 0.3) is 0 Å². The van der Waals surface area contributed by atoms with Gasteiger partial charge in [0.1, 0.15) is 0 Å². The molecule has 1 spiro atoms. The number of fused-ring (bicyclic) bond motifs is 2. The fourth-order valence-electron chi connectivity index (χ4n) is 5.55. The molecule has 0 bridgehead atoms. The van der Waals surface area contributed by atoms with Crippen LogP contribution in [0.1, 0.15) is 0 Å². The average Bonchev–Trinajstić information content (AvgIpc) is 2.70. The second kappa shape index (κ2) is 1.72. The highest BCUT2D eigenvalue weighted by Gasteiger charge is 2.90. The van der Waals surface area contributed by atoms with E-state index in [2.05, 4.69) is 12.2 Å². The minimum Gasteiger partial charge on any atom is -0.381 e. The third-order valence-electron chi connectivity index (χ3n) is 5.93. The van der Waals surface area contributed by atoms with Crippen LogP contribution in [0.5, 0.6) is 0 Å². The number of hydrogen-bond acceptors (Lipinski definition) is 2. The van der Waals surface area contributed by atoms with E-state index in [9.17, 15) is 0 Å². The van der Waals surface area contributed by atoms with Crippen LogP contribution in [0, 0.1) is 34.5 Å². The summed E-state index contributed by atoms with van der Waals surface area (Å²) in [5, 5.41) is 0. The Morgan fingerprint density at radius 1 is 1.00 bits per heavy atom. The van der Waals surface area contributed by atoms with E-state index < -0.39 is 0 Å². The van der Waals surface area contributed by atoms with Gasteiger partial charge in [-0.1, -0.05) is 12.2 Å². The lowest BCUT2D eigenvalue weighted by Crippen LogP contribution is -2.27. The van der Waals surface area contributed by atoms with Crippen molar-refractivity contribution in [2.75, 3.05) is 26.4 Å². The van der Waals surface area contributed by atoms with Crippen LogP contribution in [0.4, 0.5) is 0 Å². The number of ether oxygens (including phenoxy) is 2. The van der Waals surface area contributed by atoms with Crippen molar-refractivity contribution in [2.24, 2.45) is 34.5 Å². The maximum Gasteiger partial charge on any atom is 0.0540 e. The van der Waals surface area contributed by atoms with E-state index in [1.54, 1.807) is 0 Å². The SMILES string of the molecule is C1=C[C@H]2[C@H]3COC[C@H]3[C@]34COC[C@]23C14. The van der Waals surface area contributed by atoms with E-state index in [1.165, 1.54) is 0 Å². The first-order valence-corrected chi connectivity index (χ1v) is 5.75. The molecule has 0 radical (unpaired) electrons. The Morgan fingerprint density at radius 2 is 1.93 bits per heavy atom. The summed E-state index contributed by atoms with van der Waals surface area (Å²) in [4.78, 5) is 0. The van der Waals surface area contributed by atoms with Crippen molar-refractivity contribution in [1.29, 1.82) is 0 Å². The van der Waals surface area contributed by atoms with Crippen LogP contribution in [0.25, 0.3) is 0 Å². The van der Waals surface area contributed by atoms with E-state index in [4.69, 9.17) is 9.47 Å². The molecule has 2 aliphatic heterocycles. The van der Waals surface area contributed by atoms with Crippen LogP contribution in [-0.4, -0.2) is 26.4 Å². The van der Waals surface area contributed by atoms with Crippen molar-refractivity contribution in [3.8, 4) is 0 Å². The second-order valence-electron chi connectivity index (χ2n) is 5.77. The maximum atomic E-state index is 5.75. The van der Waals surface area contributed by atoms with E-state index in [0.29, 0.717) is 10.8 Å².